The predicted molar refractivity (Wildman–Crippen MR) is 220 cm³/mol. The molecule has 52 heavy (non-hydrogen) atoms. The second-order valence-corrected chi connectivity index (χ2v) is 12.7. The van der Waals surface area contributed by atoms with E-state index < -0.39 is 24.2 Å². The summed E-state index contributed by atoms with van der Waals surface area (Å²) in [6.07, 6.45) is 0. The molecular formula is C50H33NO. The quantitative estimate of drug-likeness (QED) is 0.175. The largest absolute Gasteiger partial charge is 0.455 e. The lowest BCUT2D eigenvalue weighted by Crippen LogP contribution is -2.10. The molecular weight excluding hydrogens is 631 g/mol. The molecule has 0 spiro atoms. The molecule has 0 fully saturated rings. The first kappa shape index (κ1) is 22.7. The topological polar surface area (TPSA) is 16.4 Å². The van der Waals surface area contributed by atoms with Crippen molar-refractivity contribution >= 4 is 60.5 Å². The highest BCUT2D eigenvalue weighted by atomic mass is 16.3. The Labute approximate surface area is 313 Å². The van der Waals surface area contributed by atoms with Crippen LogP contribution >= 0.6 is 0 Å². The smallest absolute Gasteiger partial charge is 0.143 e. The van der Waals surface area contributed by atoms with Gasteiger partial charge in [0.15, 0.2) is 0 Å². The van der Waals surface area contributed by atoms with Gasteiger partial charge in [0.1, 0.15) is 11.2 Å². The fraction of sp³-hybridized carbons (Fsp3) is 0. The molecule has 1 aromatic heterocycles. The van der Waals surface area contributed by atoms with Crippen molar-refractivity contribution in [1.29, 1.82) is 0 Å². The Balaban J connectivity index is 1.23. The summed E-state index contributed by atoms with van der Waals surface area (Å²) in [4.78, 5) is 1.35. The second kappa shape index (κ2) is 12.5. The van der Waals surface area contributed by atoms with E-state index >= 15 is 0 Å². The number of anilines is 3. The van der Waals surface area contributed by atoms with Gasteiger partial charge in [0.2, 0.25) is 0 Å². The van der Waals surface area contributed by atoms with Gasteiger partial charge in [-0.2, -0.15) is 0 Å². The number of benzene rings is 9. The molecule has 0 unspecified atom stereocenters. The maximum absolute atomic E-state index is 9.54. The van der Waals surface area contributed by atoms with Crippen molar-refractivity contribution in [3.8, 4) is 33.4 Å². The fourth-order valence-electron chi connectivity index (χ4n) is 7.05. The fourth-order valence-corrected chi connectivity index (χ4v) is 7.05. The zero-order chi connectivity index (χ0) is 41.4. The molecule has 244 valence electrons. The van der Waals surface area contributed by atoms with Gasteiger partial charge in [0.05, 0.1) is 11.0 Å². The van der Waals surface area contributed by atoms with Crippen LogP contribution in [0.25, 0.3) is 76.9 Å². The van der Waals surface area contributed by atoms with Crippen LogP contribution in [0, 0.1) is 0 Å². The summed E-state index contributed by atoms with van der Waals surface area (Å²) < 4.78 is 81.6. The van der Waals surface area contributed by atoms with Crippen LogP contribution < -0.4 is 4.90 Å². The van der Waals surface area contributed by atoms with E-state index in [0.717, 1.165) is 49.0 Å². The highest BCUT2D eigenvalue weighted by molar-refractivity contribution is 6.19. The molecule has 0 saturated carbocycles. The third-order valence-corrected chi connectivity index (χ3v) is 9.57. The minimum atomic E-state index is -0.400. The third-order valence-electron chi connectivity index (χ3n) is 9.57. The summed E-state index contributed by atoms with van der Waals surface area (Å²) in [5.41, 5.74) is 4.12. The number of nitrogens with zero attached hydrogens (tertiary/aromatic N) is 1. The first-order chi connectivity index (χ1) is 29.1. The molecule has 10 aromatic rings. The number of rotatable bonds is 6. The molecule has 0 atom stereocenters. The Morgan fingerprint density at radius 1 is 0.385 bits per heavy atom. The van der Waals surface area contributed by atoms with Gasteiger partial charge in [-0.25, -0.2) is 0 Å². The van der Waals surface area contributed by atoms with Crippen molar-refractivity contribution in [1.82, 2.24) is 0 Å². The molecule has 1 heterocycles. The summed E-state index contributed by atoms with van der Waals surface area (Å²) in [6.45, 7) is 0. The Hall–Kier alpha value is -6.90. The van der Waals surface area contributed by atoms with E-state index in [1.165, 1.54) is 4.90 Å². The van der Waals surface area contributed by atoms with Gasteiger partial charge >= 0.3 is 0 Å². The molecule has 0 N–H and O–H groups in total. The molecule has 0 aliphatic carbocycles. The van der Waals surface area contributed by atoms with Gasteiger partial charge in [0.25, 0.3) is 0 Å². The number of hydrogen-bond acceptors (Lipinski definition) is 2. The number of fused-ring (bicyclic) bond motifs is 6. The van der Waals surface area contributed by atoms with Crippen LogP contribution in [0.3, 0.4) is 0 Å². The maximum Gasteiger partial charge on any atom is 0.143 e. The lowest BCUT2D eigenvalue weighted by Gasteiger charge is -2.26. The average molecular weight is 672 g/mol. The van der Waals surface area contributed by atoms with Crippen LogP contribution in [-0.2, 0) is 0 Å². The minimum Gasteiger partial charge on any atom is -0.455 e. The van der Waals surface area contributed by atoms with Crippen LogP contribution in [0.2, 0.25) is 0 Å². The van der Waals surface area contributed by atoms with Gasteiger partial charge in [-0.1, -0.05) is 145 Å². The number of hydrogen-bond donors (Lipinski definition) is 0. The molecule has 9 aromatic carbocycles. The Morgan fingerprint density at radius 3 is 1.81 bits per heavy atom. The lowest BCUT2D eigenvalue weighted by molar-refractivity contribution is 0.673. The molecule has 0 aliphatic rings. The molecule has 0 aliphatic heterocycles. The van der Waals surface area contributed by atoms with E-state index in [2.05, 4.69) is 6.07 Å². The van der Waals surface area contributed by atoms with Gasteiger partial charge in [-0.15, -0.1) is 0 Å². The Morgan fingerprint density at radius 2 is 1.02 bits per heavy atom. The van der Waals surface area contributed by atoms with E-state index in [0.29, 0.717) is 22.4 Å². The van der Waals surface area contributed by atoms with E-state index in [9.17, 15) is 11.0 Å². The maximum atomic E-state index is 9.54. The minimum absolute atomic E-state index is 0.109. The molecule has 0 bridgehead atoms. The van der Waals surface area contributed by atoms with Crippen LogP contribution in [-0.4, -0.2) is 0 Å². The van der Waals surface area contributed by atoms with Crippen molar-refractivity contribution in [2.24, 2.45) is 0 Å². The summed E-state index contributed by atoms with van der Waals surface area (Å²) in [5, 5.41) is 5.67. The molecule has 0 amide bonds. The van der Waals surface area contributed by atoms with E-state index in [1.807, 2.05) is 103 Å². The van der Waals surface area contributed by atoms with Gasteiger partial charge < -0.3 is 9.32 Å². The number of furan rings is 1. The van der Waals surface area contributed by atoms with Gasteiger partial charge in [-0.3, -0.25) is 0 Å². The monoisotopic (exact) mass is 671 g/mol. The Bertz CT molecular complexity index is 3320. The average Bonchev–Trinajstić information content (AvgIpc) is 3.67. The van der Waals surface area contributed by atoms with Crippen LogP contribution in [0.15, 0.2) is 204 Å². The highest BCUT2D eigenvalue weighted by Crippen LogP contribution is 2.42. The summed E-state index contributed by atoms with van der Waals surface area (Å²) in [5.74, 6) is 0. The van der Waals surface area contributed by atoms with Gasteiger partial charge in [0, 0.05) is 33.2 Å². The van der Waals surface area contributed by atoms with Crippen molar-refractivity contribution in [2.45, 2.75) is 0 Å². The van der Waals surface area contributed by atoms with Crippen LogP contribution in [0.5, 0.6) is 0 Å². The predicted octanol–water partition coefficient (Wildman–Crippen LogP) is 14.4. The molecule has 10 rings (SSSR count). The van der Waals surface area contributed by atoms with E-state index in [4.69, 9.17) is 4.42 Å². The molecule has 0 saturated heterocycles. The zero-order valence-corrected chi connectivity index (χ0v) is 27.8. The summed E-state index contributed by atoms with van der Waals surface area (Å²) >= 11 is 0. The zero-order valence-electron chi connectivity index (χ0n) is 35.8. The van der Waals surface area contributed by atoms with Crippen molar-refractivity contribution in [2.75, 3.05) is 4.90 Å². The first-order valence-electron chi connectivity index (χ1n) is 21.1. The SMILES string of the molecule is [2H]c1c([2H])c(N(c2cccc(-c3cccc4oc5c6ccccc6ccc5c34)c2)c2c([2H])c([2H])c(-c3ccc4ccccc4c3)c([2H])c2[2H])c([2H])c([2H])c1-c1ccccc1. The van der Waals surface area contributed by atoms with Crippen LogP contribution in [0.1, 0.15) is 11.0 Å². The Kier molecular flexibility index (Phi) is 5.45. The van der Waals surface area contributed by atoms with Crippen molar-refractivity contribution in [3.05, 3.63) is 200 Å². The van der Waals surface area contributed by atoms with Crippen molar-refractivity contribution in [3.63, 3.8) is 0 Å². The third kappa shape index (κ3) is 5.21. The van der Waals surface area contributed by atoms with Gasteiger partial charge in [-0.05, 0) is 104 Å². The summed E-state index contributed by atoms with van der Waals surface area (Å²) in [6, 6.07) is 44.4. The van der Waals surface area contributed by atoms with Crippen LogP contribution in [0.4, 0.5) is 17.1 Å². The highest BCUT2D eigenvalue weighted by Gasteiger charge is 2.18. The van der Waals surface area contributed by atoms with Crippen molar-refractivity contribution < 1.29 is 15.4 Å². The second-order valence-electron chi connectivity index (χ2n) is 12.7. The standard InChI is InChI=1S/C50H33NO/c1-2-10-34(11-3-1)36-22-27-42(28-23-36)51(43-29-24-37(25-30-43)40-21-20-35-12-4-5-14-39(35)32-40)44-16-8-15-41(33-44)45-18-9-19-48-49(45)47-31-26-38-13-6-7-17-46(38)50(47)52-48/h1-33H/i22D,23D,24D,25D,27D,28D,29D,30D. The lowest BCUT2D eigenvalue weighted by atomic mass is 9.97. The first-order valence-corrected chi connectivity index (χ1v) is 17.1. The molecule has 2 heteroatoms. The van der Waals surface area contributed by atoms with E-state index in [-0.39, 0.29) is 46.7 Å². The summed E-state index contributed by atoms with van der Waals surface area (Å²) in [7, 11) is 0. The molecule has 2 nitrogen and oxygen atoms in total. The normalized spacial score (nSPS) is 13.6. The molecule has 0 radical (unpaired) electrons. The van der Waals surface area contributed by atoms with E-state index in [1.54, 1.807) is 42.5 Å².